The summed E-state index contributed by atoms with van der Waals surface area (Å²) in [7, 11) is -1.24. The third-order valence-electron chi connectivity index (χ3n) is 4.09. The molecule has 0 spiro atoms. The zero-order valence-corrected chi connectivity index (χ0v) is 16.3. The van der Waals surface area contributed by atoms with Crippen LogP contribution in [0.5, 0.6) is 0 Å². The smallest absolute Gasteiger partial charge is 0.129 e. The van der Waals surface area contributed by atoms with Crippen molar-refractivity contribution in [3.05, 3.63) is 24.3 Å². The lowest BCUT2D eigenvalue weighted by Crippen LogP contribution is -2.16. The molecule has 1 rings (SSSR count). The fourth-order valence-corrected chi connectivity index (χ4v) is 3.22. The second-order valence-electron chi connectivity index (χ2n) is 7.85. The first-order valence-electron chi connectivity index (χ1n) is 8.97. The van der Waals surface area contributed by atoms with Gasteiger partial charge in [0.25, 0.3) is 0 Å². The van der Waals surface area contributed by atoms with E-state index in [4.69, 9.17) is 5.11 Å². The average Bonchev–Trinajstić information content (AvgIpc) is 3.22. The molecule has 0 aromatic heterocycles. The summed E-state index contributed by atoms with van der Waals surface area (Å²) in [5.74, 6) is 4.77. The van der Waals surface area contributed by atoms with Gasteiger partial charge in [0.1, 0.15) is 8.07 Å². The molecule has 2 nitrogen and oxygen atoms in total. The molecule has 0 bridgehead atoms. The number of hydrogen-bond acceptors (Lipinski definition) is 2. The highest BCUT2D eigenvalue weighted by Crippen LogP contribution is 2.43. The second-order valence-corrected chi connectivity index (χ2v) is 12.6. The molecule has 0 aromatic rings. The van der Waals surface area contributed by atoms with Crippen molar-refractivity contribution in [1.29, 1.82) is 0 Å². The van der Waals surface area contributed by atoms with Gasteiger partial charge in [0.15, 0.2) is 0 Å². The Morgan fingerprint density at radius 3 is 2.61 bits per heavy atom. The molecular weight excluding hydrogens is 300 g/mol. The summed E-state index contributed by atoms with van der Waals surface area (Å²) in [5.41, 5.74) is 3.40. The molecule has 4 atom stereocenters. The predicted molar refractivity (Wildman–Crippen MR) is 102 cm³/mol. The Labute approximate surface area is 143 Å². The molecule has 3 heteroatoms. The van der Waals surface area contributed by atoms with Crippen LogP contribution in [-0.2, 0) is 0 Å². The number of aliphatic hydroxyl groups excluding tert-OH is 2. The van der Waals surface area contributed by atoms with Gasteiger partial charge in [-0.3, -0.25) is 0 Å². The molecule has 1 aliphatic carbocycles. The van der Waals surface area contributed by atoms with Gasteiger partial charge in [-0.25, -0.2) is 0 Å². The standard InChI is InChI=1S/C20H34O2Si/c1-17(11-9-15-23(2,3)4)10-5-6-12-18-16-19(18)20(22)13-7-8-14-21/h5-6,10,12,17-22H,7-8,11,13-14,16H2,1-4H3/b10-5+,12-6+/t17-,18+,19-,20-/m0/s1. The van der Waals surface area contributed by atoms with Crippen LogP contribution >= 0.6 is 0 Å². The Kier molecular flexibility index (Phi) is 8.90. The average molecular weight is 335 g/mol. The van der Waals surface area contributed by atoms with Crippen molar-refractivity contribution in [3.8, 4) is 11.5 Å². The molecule has 1 aliphatic rings. The minimum Gasteiger partial charge on any atom is -0.396 e. The molecule has 130 valence electrons. The molecule has 0 amide bonds. The molecule has 0 saturated heterocycles. The fraction of sp³-hybridized carbons (Fsp3) is 0.700. The summed E-state index contributed by atoms with van der Waals surface area (Å²) in [6, 6.07) is 0. The van der Waals surface area contributed by atoms with E-state index >= 15 is 0 Å². The van der Waals surface area contributed by atoms with E-state index in [0.717, 1.165) is 32.1 Å². The predicted octanol–water partition coefficient (Wildman–Crippen LogP) is 4.17. The van der Waals surface area contributed by atoms with Crippen LogP contribution < -0.4 is 0 Å². The van der Waals surface area contributed by atoms with E-state index in [9.17, 15) is 5.11 Å². The Morgan fingerprint density at radius 1 is 1.22 bits per heavy atom. The number of unbranched alkanes of at least 4 members (excludes halogenated alkanes) is 1. The third kappa shape index (κ3) is 9.81. The van der Waals surface area contributed by atoms with Gasteiger partial charge < -0.3 is 10.2 Å². The van der Waals surface area contributed by atoms with Crippen molar-refractivity contribution in [2.24, 2.45) is 17.8 Å². The normalized spacial score (nSPS) is 23.7. The minimum absolute atomic E-state index is 0.198. The van der Waals surface area contributed by atoms with Gasteiger partial charge >= 0.3 is 0 Å². The maximum absolute atomic E-state index is 10.0. The molecule has 0 aromatic carbocycles. The van der Waals surface area contributed by atoms with Gasteiger partial charge in [0, 0.05) is 13.0 Å². The van der Waals surface area contributed by atoms with Crippen molar-refractivity contribution in [2.45, 2.75) is 64.8 Å². The lowest BCUT2D eigenvalue weighted by molar-refractivity contribution is 0.131. The summed E-state index contributed by atoms with van der Waals surface area (Å²) >= 11 is 0. The van der Waals surface area contributed by atoms with Crippen LogP contribution in [0.2, 0.25) is 19.6 Å². The highest BCUT2D eigenvalue weighted by atomic mass is 28.3. The van der Waals surface area contributed by atoms with Gasteiger partial charge in [0.05, 0.1) is 6.10 Å². The lowest BCUT2D eigenvalue weighted by Gasteiger charge is -2.08. The molecule has 0 radical (unpaired) electrons. The molecule has 0 heterocycles. The van der Waals surface area contributed by atoms with E-state index in [1.807, 2.05) is 0 Å². The molecular formula is C20H34O2Si. The second kappa shape index (κ2) is 10.1. The first kappa shape index (κ1) is 20.2. The summed E-state index contributed by atoms with van der Waals surface area (Å²) in [5, 5.41) is 18.8. The van der Waals surface area contributed by atoms with Crippen LogP contribution in [-0.4, -0.2) is 31.0 Å². The molecule has 2 N–H and O–H groups in total. The fourth-order valence-electron chi connectivity index (χ4n) is 2.58. The Morgan fingerprint density at radius 2 is 1.96 bits per heavy atom. The highest BCUT2D eigenvalue weighted by Gasteiger charge is 2.39. The number of allylic oxidation sites excluding steroid dienone is 4. The van der Waals surface area contributed by atoms with E-state index in [2.05, 4.69) is 62.3 Å². The zero-order valence-electron chi connectivity index (χ0n) is 15.3. The van der Waals surface area contributed by atoms with Crippen molar-refractivity contribution in [3.63, 3.8) is 0 Å². The van der Waals surface area contributed by atoms with Crippen LogP contribution in [0.3, 0.4) is 0 Å². The molecule has 23 heavy (non-hydrogen) atoms. The zero-order chi connectivity index (χ0) is 17.3. The van der Waals surface area contributed by atoms with E-state index in [0.29, 0.717) is 17.8 Å². The topological polar surface area (TPSA) is 40.5 Å². The van der Waals surface area contributed by atoms with E-state index in [1.54, 1.807) is 0 Å². The van der Waals surface area contributed by atoms with Crippen molar-refractivity contribution in [2.75, 3.05) is 6.61 Å². The number of hydrogen-bond donors (Lipinski definition) is 2. The van der Waals surface area contributed by atoms with Crippen LogP contribution in [0.25, 0.3) is 0 Å². The van der Waals surface area contributed by atoms with Crippen molar-refractivity contribution in [1.82, 2.24) is 0 Å². The van der Waals surface area contributed by atoms with Gasteiger partial charge in [-0.15, -0.1) is 11.5 Å². The molecule has 0 aliphatic heterocycles. The van der Waals surface area contributed by atoms with Crippen LogP contribution in [0.1, 0.15) is 39.0 Å². The maximum atomic E-state index is 10.0. The third-order valence-corrected chi connectivity index (χ3v) is 5.02. The summed E-state index contributed by atoms with van der Waals surface area (Å²) in [4.78, 5) is 0. The van der Waals surface area contributed by atoms with Gasteiger partial charge in [-0.2, -0.15) is 0 Å². The quantitative estimate of drug-likeness (QED) is 0.288. The van der Waals surface area contributed by atoms with Crippen LogP contribution in [0, 0.1) is 29.2 Å². The van der Waals surface area contributed by atoms with E-state index in [-0.39, 0.29) is 12.7 Å². The summed E-state index contributed by atoms with van der Waals surface area (Å²) < 4.78 is 0. The monoisotopic (exact) mass is 334 g/mol. The SMILES string of the molecule is C[C@@H](/C=C/C=C/[C@@H]1C[C@@H]1[C@@H](O)CCCCO)CC#C[Si](C)(C)C. The van der Waals surface area contributed by atoms with Crippen LogP contribution in [0.4, 0.5) is 0 Å². The first-order chi connectivity index (χ1) is 10.8. The summed E-state index contributed by atoms with van der Waals surface area (Å²) in [6.07, 6.45) is 13.0. The van der Waals surface area contributed by atoms with E-state index < -0.39 is 8.07 Å². The Balaban J connectivity index is 2.22. The lowest BCUT2D eigenvalue weighted by atomic mass is 10.1. The molecule has 1 fully saturated rings. The van der Waals surface area contributed by atoms with Gasteiger partial charge in [-0.05, 0) is 43.4 Å². The number of rotatable bonds is 9. The van der Waals surface area contributed by atoms with Crippen molar-refractivity contribution < 1.29 is 10.2 Å². The molecule has 0 unspecified atom stereocenters. The van der Waals surface area contributed by atoms with Gasteiger partial charge in [0.2, 0.25) is 0 Å². The van der Waals surface area contributed by atoms with Crippen molar-refractivity contribution >= 4 is 8.07 Å². The highest BCUT2D eigenvalue weighted by molar-refractivity contribution is 6.83. The first-order valence-corrected chi connectivity index (χ1v) is 12.5. The molecule has 1 saturated carbocycles. The van der Waals surface area contributed by atoms with E-state index in [1.165, 1.54) is 0 Å². The van der Waals surface area contributed by atoms with Gasteiger partial charge in [-0.1, -0.05) is 50.9 Å². The Bertz CT molecular complexity index is 450. The van der Waals surface area contributed by atoms with Crippen LogP contribution in [0.15, 0.2) is 24.3 Å². The maximum Gasteiger partial charge on any atom is 0.129 e. The minimum atomic E-state index is -1.24. The summed E-state index contributed by atoms with van der Waals surface area (Å²) in [6.45, 7) is 9.24. The number of aliphatic hydroxyl groups is 2. The Hall–Kier alpha value is -0.823. The largest absolute Gasteiger partial charge is 0.396 e.